The number of H-pyrrole nitrogens is 1. The van der Waals surface area contributed by atoms with Crippen molar-refractivity contribution in [1.29, 1.82) is 0 Å². The zero-order chi connectivity index (χ0) is 18.0. The fourth-order valence-electron chi connectivity index (χ4n) is 2.22. The van der Waals surface area contributed by atoms with Crippen LogP contribution in [-0.2, 0) is 6.18 Å². The molecule has 3 aromatic rings. The van der Waals surface area contributed by atoms with Crippen LogP contribution in [0.4, 0.5) is 13.2 Å². The molecule has 8 heteroatoms. The summed E-state index contributed by atoms with van der Waals surface area (Å²) < 4.78 is 43.9. The van der Waals surface area contributed by atoms with Crippen LogP contribution in [0.2, 0.25) is 0 Å². The molecule has 2 aromatic carbocycles. The number of nitrogens with zero attached hydrogens (tertiary/aromatic N) is 2. The number of hydrogen-bond donors (Lipinski definition) is 1. The molecule has 0 bridgehead atoms. The number of Topliss-reactive ketones (excluding diaryl/α,β-unsaturated/α-hetero) is 1. The molecule has 0 unspecified atom stereocenters. The Hall–Kier alpha value is -3.16. The lowest BCUT2D eigenvalue weighted by Gasteiger charge is -2.09. The number of carbonyl (C=O) groups is 1. The van der Waals surface area contributed by atoms with E-state index in [-0.39, 0.29) is 17.4 Å². The van der Waals surface area contributed by atoms with Crippen LogP contribution in [0.15, 0.2) is 48.5 Å². The quantitative estimate of drug-likeness (QED) is 0.706. The van der Waals surface area contributed by atoms with Gasteiger partial charge in [-0.3, -0.25) is 9.89 Å². The van der Waals surface area contributed by atoms with E-state index in [4.69, 9.17) is 4.74 Å². The summed E-state index contributed by atoms with van der Waals surface area (Å²) in [6, 6.07) is 11.5. The molecule has 0 saturated carbocycles. The minimum absolute atomic E-state index is 0.0410. The summed E-state index contributed by atoms with van der Waals surface area (Å²) in [5.74, 6) is 0.145. The zero-order valence-electron chi connectivity index (χ0n) is 13.0. The van der Waals surface area contributed by atoms with Gasteiger partial charge in [0.05, 0.1) is 5.56 Å². The van der Waals surface area contributed by atoms with Gasteiger partial charge in [0.25, 0.3) is 5.88 Å². The Morgan fingerprint density at radius 3 is 2.44 bits per heavy atom. The highest BCUT2D eigenvalue weighted by molar-refractivity contribution is 5.94. The van der Waals surface area contributed by atoms with Gasteiger partial charge in [0.15, 0.2) is 11.5 Å². The van der Waals surface area contributed by atoms with Gasteiger partial charge in [0.1, 0.15) is 5.75 Å². The maximum Gasteiger partial charge on any atom is 0.416 e. The average Bonchev–Trinajstić information content (AvgIpc) is 3.03. The van der Waals surface area contributed by atoms with Crippen molar-refractivity contribution >= 4 is 5.78 Å². The van der Waals surface area contributed by atoms with Gasteiger partial charge in [-0.05, 0) is 35.4 Å². The van der Waals surface area contributed by atoms with Crippen LogP contribution < -0.4 is 4.74 Å². The molecule has 1 aromatic heterocycles. The number of hydrogen-bond acceptors (Lipinski definition) is 4. The van der Waals surface area contributed by atoms with Crippen molar-refractivity contribution in [3.8, 4) is 22.8 Å². The van der Waals surface area contributed by atoms with Crippen molar-refractivity contribution in [2.45, 2.75) is 13.1 Å². The summed E-state index contributed by atoms with van der Waals surface area (Å²) in [5.41, 5.74) is 0.471. The van der Waals surface area contributed by atoms with Crippen molar-refractivity contribution in [2.75, 3.05) is 0 Å². The summed E-state index contributed by atoms with van der Waals surface area (Å²) in [5, 5.41) is 9.63. The number of alkyl halides is 3. The largest absolute Gasteiger partial charge is 0.436 e. The van der Waals surface area contributed by atoms with Crippen LogP contribution in [0.5, 0.6) is 11.6 Å². The number of rotatable bonds is 4. The van der Waals surface area contributed by atoms with Gasteiger partial charge in [0, 0.05) is 6.92 Å². The lowest BCUT2D eigenvalue weighted by Crippen LogP contribution is -2.04. The summed E-state index contributed by atoms with van der Waals surface area (Å²) in [6.07, 6.45) is -4.39. The van der Waals surface area contributed by atoms with Crippen molar-refractivity contribution in [3.05, 3.63) is 59.8 Å². The first-order valence-corrected chi connectivity index (χ1v) is 7.22. The molecule has 0 aliphatic carbocycles. The van der Waals surface area contributed by atoms with Gasteiger partial charge in [-0.2, -0.15) is 13.2 Å². The number of benzene rings is 2. The summed E-state index contributed by atoms with van der Waals surface area (Å²) in [6.45, 7) is 1.35. The van der Waals surface area contributed by atoms with E-state index in [0.717, 1.165) is 12.1 Å². The molecule has 3 rings (SSSR count). The molecule has 0 amide bonds. The molecular weight excluding hydrogens is 335 g/mol. The van der Waals surface area contributed by atoms with E-state index in [1.807, 2.05) is 0 Å². The number of aromatic amines is 1. The number of nitrogens with one attached hydrogen (secondary N) is 1. The molecule has 0 spiro atoms. The first-order chi connectivity index (χ1) is 11.8. The maximum atomic E-state index is 12.8. The minimum atomic E-state index is -4.39. The third kappa shape index (κ3) is 3.68. The van der Waals surface area contributed by atoms with Crippen LogP contribution >= 0.6 is 0 Å². The molecule has 25 heavy (non-hydrogen) atoms. The van der Waals surface area contributed by atoms with Crippen LogP contribution in [0.1, 0.15) is 23.0 Å². The van der Waals surface area contributed by atoms with Gasteiger partial charge in [-0.1, -0.05) is 34.6 Å². The second kappa shape index (κ2) is 6.39. The van der Waals surface area contributed by atoms with E-state index in [9.17, 15) is 18.0 Å². The second-order valence-electron chi connectivity index (χ2n) is 5.25. The molecule has 0 aliphatic rings. The lowest BCUT2D eigenvalue weighted by atomic mass is 10.0. The fourth-order valence-corrected chi connectivity index (χ4v) is 2.22. The van der Waals surface area contributed by atoms with E-state index in [2.05, 4.69) is 15.4 Å². The second-order valence-corrected chi connectivity index (χ2v) is 5.25. The average molecular weight is 347 g/mol. The van der Waals surface area contributed by atoms with E-state index >= 15 is 0 Å². The third-order valence-corrected chi connectivity index (χ3v) is 3.46. The summed E-state index contributed by atoms with van der Waals surface area (Å²) in [4.78, 5) is 11.4. The number of halogens is 3. The summed E-state index contributed by atoms with van der Waals surface area (Å²) >= 11 is 0. The minimum Gasteiger partial charge on any atom is -0.436 e. The molecule has 0 saturated heterocycles. The molecule has 0 fully saturated rings. The molecular formula is C17H12F3N3O2. The number of ether oxygens (including phenoxy) is 1. The number of ketones is 1. The third-order valence-electron chi connectivity index (χ3n) is 3.46. The Bertz CT molecular complexity index is 902. The monoisotopic (exact) mass is 347 g/mol. The van der Waals surface area contributed by atoms with Crippen molar-refractivity contribution in [1.82, 2.24) is 15.4 Å². The summed E-state index contributed by atoms with van der Waals surface area (Å²) in [7, 11) is 0. The maximum absolute atomic E-state index is 12.8. The Morgan fingerprint density at radius 1 is 1.08 bits per heavy atom. The van der Waals surface area contributed by atoms with Gasteiger partial charge in [-0.25, -0.2) is 0 Å². The Labute approximate surface area is 140 Å². The highest BCUT2D eigenvalue weighted by Gasteiger charge is 2.30. The molecule has 0 atom stereocenters. The normalized spacial score (nSPS) is 11.4. The van der Waals surface area contributed by atoms with Crippen molar-refractivity contribution in [2.24, 2.45) is 0 Å². The fraction of sp³-hybridized carbons (Fsp3) is 0.118. The number of aromatic nitrogens is 3. The van der Waals surface area contributed by atoms with Gasteiger partial charge in [0.2, 0.25) is 0 Å². The highest BCUT2D eigenvalue weighted by atomic mass is 19.4. The molecule has 5 nitrogen and oxygen atoms in total. The van der Waals surface area contributed by atoms with E-state index in [1.54, 1.807) is 30.3 Å². The van der Waals surface area contributed by atoms with E-state index in [1.165, 1.54) is 13.0 Å². The van der Waals surface area contributed by atoms with Crippen LogP contribution in [-0.4, -0.2) is 21.2 Å². The Morgan fingerprint density at radius 2 is 1.80 bits per heavy atom. The van der Waals surface area contributed by atoms with E-state index < -0.39 is 11.7 Å². The molecule has 1 N–H and O–H groups in total. The first-order valence-electron chi connectivity index (χ1n) is 7.22. The molecule has 0 radical (unpaired) electrons. The van der Waals surface area contributed by atoms with Gasteiger partial charge >= 0.3 is 6.18 Å². The van der Waals surface area contributed by atoms with Gasteiger partial charge in [-0.15, -0.1) is 0 Å². The van der Waals surface area contributed by atoms with E-state index in [0.29, 0.717) is 16.9 Å². The SMILES string of the molecule is CC(=O)c1[nH]nnc1Oc1ccc(-c2cccc(C(F)(F)F)c2)cc1. The molecule has 128 valence electrons. The highest BCUT2D eigenvalue weighted by Crippen LogP contribution is 2.33. The predicted octanol–water partition coefficient (Wildman–Crippen LogP) is 4.49. The molecule has 0 aliphatic heterocycles. The number of carbonyl (C=O) groups excluding carboxylic acids is 1. The zero-order valence-corrected chi connectivity index (χ0v) is 13.0. The first kappa shape index (κ1) is 16.7. The van der Waals surface area contributed by atoms with Crippen LogP contribution in [0.25, 0.3) is 11.1 Å². The van der Waals surface area contributed by atoms with Crippen molar-refractivity contribution < 1.29 is 22.7 Å². The topological polar surface area (TPSA) is 67.9 Å². The standard InChI is InChI=1S/C17H12F3N3O2/c1-10(24)15-16(22-23-21-15)25-14-7-5-11(6-8-14)12-3-2-4-13(9-12)17(18,19)20/h2-9H,1H3,(H,21,22,23). The van der Waals surface area contributed by atoms with Crippen LogP contribution in [0.3, 0.4) is 0 Å². The smallest absolute Gasteiger partial charge is 0.416 e. The lowest BCUT2D eigenvalue weighted by molar-refractivity contribution is -0.137. The van der Waals surface area contributed by atoms with Crippen molar-refractivity contribution in [3.63, 3.8) is 0 Å². The Balaban J connectivity index is 1.83. The predicted molar refractivity (Wildman–Crippen MR) is 83.3 cm³/mol. The van der Waals surface area contributed by atoms with Gasteiger partial charge < -0.3 is 4.74 Å². The van der Waals surface area contributed by atoms with Crippen LogP contribution in [0, 0.1) is 0 Å². The Kier molecular flexibility index (Phi) is 4.26. The molecule has 1 heterocycles.